The molecular weight excluding hydrogens is 284 g/mol. The molecule has 0 aliphatic heterocycles. The van der Waals surface area contributed by atoms with E-state index in [1.165, 1.54) is 0 Å². The summed E-state index contributed by atoms with van der Waals surface area (Å²) >= 11 is 0. The molecule has 0 atom stereocenters. The summed E-state index contributed by atoms with van der Waals surface area (Å²) in [4.78, 5) is 12.4. The normalized spacial score (nSPS) is 10.7. The van der Waals surface area contributed by atoms with Gasteiger partial charge in [-0.25, -0.2) is 4.68 Å². The average Bonchev–Trinajstić information content (AvgIpc) is 3.08. The van der Waals surface area contributed by atoms with Crippen molar-refractivity contribution in [3.05, 3.63) is 41.3 Å². The van der Waals surface area contributed by atoms with E-state index in [2.05, 4.69) is 26.0 Å². The van der Waals surface area contributed by atoms with Gasteiger partial charge in [0.1, 0.15) is 11.4 Å². The van der Waals surface area contributed by atoms with Gasteiger partial charge in [-0.05, 0) is 36.4 Å². The quantitative estimate of drug-likeness (QED) is 0.790. The maximum atomic E-state index is 12.4. The Kier molecular flexibility index (Phi) is 3.42. The summed E-state index contributed by atoms with van der Waals surface area (Å²) in [7, 11) is 1.74. The van der Waals surface area contributed by atoms with Gasteiger partial charge in [0.2, 0.25) is 0 Å². The third kappa shape index (κ3) is 2.46. The Balaban J connectivity index is 1.89. The van der Waals surface area contributed by atoms with Crippen LogP contribution >= 0.6 is 0 Å². The lowest BCUT2D eigenvalue weighted by Gasteiger charge is -2.06. The lowest BCUT2D eigenvalue weighted by Crippen LogP contribution is -2.13. The molecule has 0 aliphatic carbocycles. The Morgan fingerprint density at radius 2 is 2.14 bits per heavy atom. The van der Waals surface area contributed by atoms with Crippen LogP contribution in [-0.4, -0.2) is 31.3 Å². The number of rotatable bonds is 3. The Labute approximate surface area is 126 Å². The number of carbonyl (C=O) groups excluding carboxylic acids is 1. The molecule has 0 bridgehead atoms. The fraction of sp³-hybridized carbons (Fsp3) is 0.214. The van der Waals surface area contributed by atoms with Crippen LogP contribution in [0.2, 0.25) is 0 Å². The van der Waals surface area contributed by atoms with E-state index in [-0.39, 0.29) is 5.91 Å². The molecule has 3 aromatic rings. The van der Waals surface area contributed by atoms with E-state index in [4.69, 9.17) is 4.52 Å². The molecule has 0 aliphatic rings. The summed E-state index contributed by atoms with van der Waals surface area (Å²) in [6.07, 6.45) is 0. The summed E-state index contributed by atoms with van der Waals surface area (Å²) in [6.45, 7) is 3.52. The van der Waals surface area contributed by atoms with E-state index in [9.17, 15) is 4.79 Å². The van der Waals surface area contributed by atoms with Gasteiger partial charge in [-0.2, -0.15) is 0 Å². The van der Waals surface area contributed by atoms with Gasteiger partial charge >= 0.3 is 0 Å². The van der Waals surface area contributed by atoms with Crippen LogP contribution in [0.1, 0.15) is 21.8 Å². The van der Waals surface area contributed by atoms with Crippen LogP contribution in [0.5, 0.6) is 0 Å². The highest BCUT2D eigenvalue weighted by molar-refractivity contribution is 6.05. The van der Waals surface area contributed by atoms with E-state index in [0.29, 0.717) is 28.5 Å². The molecule has 0 fully saturated rings. The van der Waals surface area contributed by atoms with E-state index in [0.717, 1.165) is 5.56 Å². The van der Waals surface area contributed by atoms with Gasteiger partial charge in [0, 0.05) is 18.2 Å². The molecule has 1 aromatic carbocycles. The van der Waals surface area contributed by atoms with Gasteiger partial charge in [0.05, 0.1) is 0 Å². The molecule has 0 saturated heterocycles. The summed E-state index contributed by atoms with van der Waals surface area (Å²) < 4.78 is 6.58. The molecular formula is C14H14N6O2. The minimum atomic E-state index is -0.244. The summed E-state index contributed by atoms with van der Waals surface area (Å²) in [6, 6.07) is 7.09. The molecule has 2 heterocycles. The van der Waals surface area contributed by atoms with Crippen molar-refractivity contribution in [2.24, 2.45) is 7.05 Å². The highest BCUT2D eigenvalue weighted by atomic mass is 16.5. The minimum absolute atomic E-state index is 0.244. The predicted octanol–water partition coefficient (Wildman–Crippen LogP) is 1.73. The standard InChI is InChI=1S/C14H14N6O2/c1-8-12(9(2)22-17-8)15-14(21)11-6-4-5-10(7-11)13-16-18-19-20(13)3/h4-7H,1-3H3,(H,15,21). The van der Waals surface area contributed by atoms with Crippen LogP contribution in [0.3, 0.4) is 0 Å². The fourth-order valence-corrected chi connectivity index (χ4v) is 2.12. The largest absolute Gasteiger partial charge is 0.359 e. The van der Waals surface area contributed by atoms with E-state index in [1.807, 2.05) is 6.07 Å². The van der Waals surface area contributed by atoms with Gasteiger partial charge in [-0.15, -0.1) is 5.10 Å². The molecule has 0 saturated carbocycles. The zero-order valence-corrected chi connectivity index (χ0v) is 12.4. The monoisotopic (exact) mass is 298 g/mol. The molecule has 0 unspecified atom stereocenters. The topological polar surface area (TPSA) is 98.7 Å². The first-order chi connectivity index (χ1) is 10.6. The summed E-state index contributed by atoms with van der Waals surface area (Å²) in [5, 5.41) is 17.9. The van der Waals surface area contributed by atoms with Gasteiger partial charge in [0.25, 0.3) is 5.91 Å². The van der Waals surface area contributed by atoms with Gasteiger partial charge in [0.15, 0.2) is 11.6 Å². The molecule has 1 N–H and O–H groups in total. The Hall–Kier alpha value is -3.03. The first kappa shape index (κ1) is 13.9. The third-order valence-electron chi connectivity index (χ3n) is 3.27. The number of benzene rings is 1. The summed E-state index contributed by atoms with van der Waals surface area (Å²) in [5.74, 6) is 0.915. The fourth-order valence-electron chi connectivity index (χ4n) is 2.12. The number of aryl methyl sites for hydroxylation is 3. The second kappa shape index (κ2) is 5.40. The van der Waals surface area contributed by atoms with E-state index >= 15 is 0 Å². The van der Waals surface area contributed by atoms with Crippen molar-refractivity contribution in [3.8, 4) is 11.4 Å². The van der Waals surface area contributed by atoms with Crippen molar-refractivity contribution < 1.29 is 9.32 Å². The molecule has 3 rings (SSSR count). The molecule has 8 heteroatoms. The van der Waals surface area contributed by atoms with Crippen molar-refractivity contribution >= 4 is 11.6 Å². The zero-order chi connectivity index (χ0) is 15.7. The first-order valence-electron chi connectivity index (χ1n) is 6.63. The Morgan fingerprint density at radius 3 is 2.77 bits per heavy atom. The maximum Gasteiger partial charge on any atom is 0.255 e. The highest BCUT2D eigenvalue weighted by Gasteiger charge is 2.15. The lowest BCUT2D eigenvalue weighted by atomic mass is 10.1. The maximum absolute atomic E-state index is 12.4. The second-order valence-corrected chi connectivity index (χ2v) is 4.86. The summed E-state index contributed by atoms with van der Waals surface area (Å²) in [5.41, 5.74) is 2.50. The first-order valence-corrected chi connectivity index (χ1v) is 6.63. The van der Waals surface area contributed by atoms with E-state index in [1.54, 1.807) is 43.8 Å². The van der Waals surface area contributed by atoms with Crippen LogP contribution in [0, 0.1) is 13.8 Å². The van der Waals surface area contributed by atoms with Crippen LogP contribution < -0.4 is 5.32 Å². The number of amides is 1. The van der Waals surface area contributed by atoms with Crippen LogP contribution in [-0.2, 0) is 7.05 Å². The highest BCUT2D eigenvalue weighted by Crippen LogP contribution is 2.21. The van der Waals surface area contributed by atoms with Gasteiger partial charge < -0.3 is 9.84 Å². The van der Waals surface area contributed by atoms with Crippen LogP contribution in [0.4, 0.5) is 5.69 Å². The van der Waals surface area contributed by atoms with Crippen molar-refractivity contribution in [2.45, 2.75) is 13.8 Å². The van der Waals surface area contributed by atoms with Crippen molar-refractivity contribution in [2.75, 3.05) is 5.32 Å². The molecule has 1 amide bonds. The molecule has 22 heavy (non-hydrogen) atoms. The molecule has 0 spiro atoms. The molecule has 8 nitrogen and oxygen atoms in total. The number of nitrogens with one attached hydrogen (secondary N) is 1. The SMILES string of the molecule is Cc1noc(C)c1NC(=O)c1cccc(-c2nnnn2C)c1. The number of aromatic nitrogens is 5. The number of hydrogen-bond donors (Lipinski definition) is 1. The average molecular weight is 298 g/mol. The number of hydrogen-bond acceptors (Lipinski definition) is 6. The second-order valence-electron chi connectivity index (χ2n) is 4.86. The smallest absolute Gasteiger partial charge is 0.255 e. The number of carbonyl (C=O) groups is 1. The molecule has 0 radical (unpaired) electrons. The number of tetrazole rings is 1. The number of nitrogens with zero attached hydrogens (tertiary/aromatic N) is 5. The van der Waals surface area contributed by atoms with Crippen molar-refractivity contribution in [1.82, 2.24) is 25.4 Å². The van der Waals surface area contributed by atoms with Crippen molar-refractivity contribution in [3.63, 3.8) is 0 Å². The lowest BCUT2D eigenvalue weighted by molar-refractivity contribution is 0.102. The van der Waals surface area contributed by atoms with Crippen LogP contribution in [0.25, 0.3) is 11.4 Å². The van der Waals surface area contributed by atoms with Crippen LogP contribution in [0.15, 0.2) is 28.8 Å². The zero-order valence-electron chi connectivity index (χ0n) is 12.4. The Morgan fingerprint density at radius 1 is 1.32 bits per heavy atom. The Bertz CT molecular complexity index is 816. The molecule has 112 valence electrons. The number of anilines is 1. The van der Waals surface area contributed by atoms with Gasteiger partial charge in [-0.3, -0.25) is 4.79 Å². The van der Waals surface area contributed by atoms with Crippen molar-refractivity contribution in [1.29, 1.82) is 0 Å². The van der Waals surface area contributed by atoms with Gasteiger partial charge in [-0.1, -0.05) is 17.3 Å². The minimum Gasteiger partial charge on any atom is -0.359 e. The van der Waals surface area contributed by atoms with E-state index < -0.39 is 0 Å². The third-order valence-corrected chi connectivity index (χ3v) is 3.27. The predicted molar refractivity (Wildman–Crippen MR) is 78.2 cm³/mol. The molecule has 2 aromatic heterocycles.